The van der Waals surface area contributed by atoms with Gasteiger partial charge in [-0.2, -0.15) is 13.2 Å². The van der Waals surface area contributed by atoms with Gasteiger partial charge in [0.1, 0.15) is 5.75 Å². The minimum Gasteiger partial charge on any atom is -0.506 e. The number of benzene rings is 1. The number of amides is 1. The summed E-state index contributed by atoms with van der Waals surface area (Å²) in [5.41, 5.74) is 3.87. The Labute approximate surface area is 114 Å². The number of nitrogens with one attached hydrogen (secondary N) is 1. The summed E-state index contributed by atoms with van der Waals surface area (Å²) in [4.78, 5) is 11.8. The van der Waals surface area contributed by atoms with Crippen molar-refractivity contribution in [3.63, 3.8) is 0 Å². The van der Waals surface area contributed by atoms with Crippen molar-refractivity contribution in [2.75, 3.05) is 5.32 Å². The van der Waals surface area contributed by atoms with Crippen LogP contribution < -0.4 is 11.1 Å². The maximum Gasteiger partial charge on any atom is 0.416 e. The monoisotopic (exact) mass is 290 g/mol. The van der Waals surface area contributed by atoms with Gasteiger partial charge in [-0.05, 0) is 23.6 Å². The highest BCUT2D eigenvalue weighted by atomic mass is 19.4. The maximum atomic E-state index is 12.6. The van der Waals surface area contributed by atoms with Crippen molar-refractivity contribution in [1.29, 1.82) is 0 Å². The Hall–Kier alpha value is -1.76. The minimum absolute atomic E-state index is 0.315. The molecule has 4 nitrogen and oxygen atoms in total. The van der Waals surface area contributed by atoms with Crippen molar-refractivity contribution in [2.45, 2.75) is 33.0 Å². The first-order chi connectivity index (χ1) is 8.93. The Balaban J connectivity index is 3.01. The molecule has 0 spiro atoms. The van der Waals surface area contributed by atoms with Crippen molar-refractivity contribution in [3.05, 3.63) is 23.8 Å². The Morgan fingerprint density at radius 2 is 1.85 bits per heavy atom. The number of halogens is 3. The van der Waals surface area contributed by atoms with Crippen LogP contribution in [0.15, 0.2) is 18.2 Å². The lowest BCUT2D eigenvalue weighted by Crippen LogP contribution is -2.45. The van der Waals surface area contributed by atoms with E-state index in [-0.39, 0.29) is 5.69 Å². The molecule has 1 atom stereocenters. The van der Waals surface area contributed by atoms with E-state index in [0.717, 1.165) is 12.1 Å². The SMILES string of the molecule is CC(C)(C)C(N)C(=O)Nc1cc(C(F)(F)F)ccc1O. The van der Waals surface area contributed by atoms with Crippen LogP contribution in [-0.2, 0) is 11.0 Å². The molecule has 0 bridgehead atoms. The number of phenolic OH excluding ortho intramolecular Hbond substituents is 1. The molecule has 0 aliphatic rings. The number of carbonyl (C=O) groups excluding carboxylic acids is 1. The third-order valence-corrected chi connectivity index (χ3v) is 2.80. The number of alkyl halides is 3. The topological polar surface area (TPSA) is 75.4 Å². The third kappa shape index (κ3) is 3.86. The molecule has 0 heterocycles. The van der Waals surface area contributed by atoms with Gasteiger partial charge in [0, 0.05) is 0 Å². The van der Waals surface area contributed by atoms with Gasteiger partial charge in [0.25, 0.3) is 0 Å². The van der Waals surface area contributed by atoms with Crippen molar-refractivity contribution >= 4 is 11.6 Å². The average Bonchev–Trinajstić information content (AvgIpc) is 2.28. The van der Waals surface area contributed by atoms with Crippen LogP contribution in [0.5, 0.6) is 5.75 Å². The summed E-state index contributed by atoms with van der Waals surface area (Å²) in [6.07, 6.45) is -4.56. The summed E-state index contributed by atoms with van der Waals surface area (Å²) in [6.45, 7) is 5.18. The van der Waals surface area contributed by atoms with Gasteiger partial charge in [0.05, 0.1) is 17.3 Å². The van der Waals surface area contributed by atoms with Crippen LogP contribution in [0, 0.1) is 5.41 Å². The maximum absolute atomic E-state index is 12.6. The fourth-order valence-corrected chi connectivity index (χ4v) is 1.42. The summed E-state index contributed by atoms with van der Waals surface area (Å²) >= 11 is 0. The minimum atomic E-state index is -4.56. The lowest BCUT2D eigenvalue weighted by molar-refractivity contribution is -0.137. The largest absolute Gasteiger partial charge is 0.506 e. The normalized spacial score (nSPS) is 13.9. The molecule has 20 heavy (non-hydrogen) atoms. The quantitative estimate of drug-likeness (QED) is 0.733. The molecule has 1 aromatic carbocycles. The molecule has 112 valence electrons. The number of anilines is 1. The summed E-state index contributed by atoms with van der Waals surface area (Å²) in [7, 11) is 0. The first kappa shape index (κ1) is 16.3. The highest BCUT2D eigenvalue weighted by molar-refractivity contribution is 5.96. The van der Waals surface area contributed by atoms with Crippen molar-refractivity contribution in [1.82, 2.24) is 0 Å². The lowest BCUT2D eigenvalue weighted by Gasteiger charge is -2.26. The Morgan fingerprint density at radius 1 is 1.30 bits per heavy atom. The molecule has 0 saturated heterocycles. The van der Waals surface area contributed by atoms with Crippen molar-refractivity contribution < 1.29 is 23.1 Å². The Kier molecular flexibility index (Phi) is 4.33. The summed E-state index contributed by atoms with van der Waals surface area (Å²) in [5.74, 6) is -1.11. The van der Waals surface area contributed by atoms with Crippen LogP contribution in [0.4, 0.5) is 18.9 Å². The van der Waals surface area contributed by atoms with Crippen LogP contribution in [-0.4, -0.2) is 17.1 Å². The molecule has 0 radical (unpaired) electrons. The zero-order valence-electron chi connectivity index (χ0n) is 11.4. The van der Waals surface area contributed by atoms with Gasteiger partial charge in [-0.1, -0.05) is 20.8 Å². The molecule has 1 rings (SSSR count). The molecule has 1 aromatic rings. The van der Waals surface area contributed by atoms with Gasteiger partial charge in [-0.3, -0.25) is 4.79 Å². The fraction of sp³-hybridized carbons (Fsp3) is 0.462. The summed E-state index contributed by atoms with van der Waals surface area (Å²) < 4.78 is 37.7. The number of phenols is 1. The highest BCUT2D eigenvalue weighted by Crippen LogP contribution is 2.34. The molecule has 0 aliphatic carbocycles. The first-order valence-electron chi connectivity index (χ1n) is 5.89. The summed E-state index contributed by atoms with van der Waals surface area (Å²) in [5, 5.41) is 11.7. The van der Waals surface area contributed by atoms with E-state index in [2.05, 4.69) is 5.32 Å². The van der Waals surface area contributed by atoms with Gasteiger partial charge in [-0.15, -0.1) is 0 Å². The Morgan fingerprint density at radius 3 is 2.30 bits per heavy atom. The van der Waals surface area contributed by atoms with Crippen molar-refractivity contribution in [3.8, 4) is 5.75 Å². The van der Waals surface area contributed by atoms with Gasteiger partial charge in [0.2, 0.25) is 5.91 Å². The van der Waals surface area contributed by atoms with Crippen LogP contribution in [0.1, 0.15) is 26.3 Å². The predicted molar refractivity (Wildman–Crippen MR) is 69.2 cm³/mol. The molecule has 1 unspecified atom stereocenters. The second kappa shape index (κ2) is 5.32. The molecule has 7 heteroatoms. The molecular weight excluding hydrogens is 273 g/mol. The third-order valence-electron chi connectivity index (χ3n) is 2.80. The van der Waals surface area contributed by atoms with Crippen LogP contribution in [0.25, 0.3) is 0 Å². The van der Waals surface area contributed by atoms with E-state index in [1.54, 1.807) is 20.8 Å². The molecule has 0 aliphatic heterocycles. The molecule has 0 aromatic heterocycles. The highest BCUT2D eigenvalue weighted by Gasteiger charge is 2.32. The lowest BCUT2D eigenvalue weighted by atomic mass is 9.87. The average molecular weight is 290 g/mol. The summed E-state index contributed by atoms with van der Waals surface area (Å²) in [6, 6.07) is 1.36. The van der Waals surface area contributed by atoms with E-state index in [9.17, 15) is 23.1 Å². The molecule has 0 saturated carbocycles. The first-order valence-corrected chi connectivity index (χ1v) is 5.89. The standard InChI is InChI=1S/C13H17F3N2O2/c1-12(2,3)10(17)11(20)18-8-6-7(13(14,15)16)4-5-9(8)19/h4-6,10,19H,17H2,1-3H3,(H,18,20). The Bertz CT molecular complexity index is 507. The van der Waals surface area contributed by atoms with Crippen LogP contribution in [0.2, 0.25) is 0 Å². The van der Waals surface area contributed by atoms with Crippen molar-refractivity contribution in [2.24, 2.45) is 11.1 Å². The predicted octanol–water partition coefficient (Wildman–Crippen LogP) is 2.72. The number of hydrogen-bond donors (Lipinski definition) is 3. The van der Waals surface area contributed by atoms with Crippen LogP contribution >= 0.6 is 0 Å². The van der Waals surface area contributed by atoms with Gasteiger partial charge in [-0.25, -0.2) is 0 Å². The number of rotatable bonds is 2. The van der Waals surface area contributed by atoms with E-state index in [1.165, 1.54) is 0 Å². The van der Waals surface area contributed by atoms with Gasteiger partial charge >= 0.3 is 6.18 Å². The van der Waals surface area contributed by atoms with E-state index < -0.39 is 34.9 Å². The smallest absolute Gasteiger partial charge is 0.416 e. The molecule has 0 fully saturated rings. The van der Waals surface area contributed by atoms with Gasteiger partial charge in [0.15, 0.2) is 0 Å². The number of nitrogens with two attached hydrogens (primary N) is 1. The molecule has 4 N–H and O–H groups in total. The molecular formula is C13H17F3N2O2. The second-order valence-electron chi connectivity index (χ2n) is 5.56. The number of hydrogen-bond acceptors (Lipinski definition) is 3. The number of aromatic hydroxyl groups is 1. The van der Waals surface area contributed by atoms with Crippen LogP contribution in [0.3, 0.4) is 0 Å². The fourth-order valence-electron chi connectivity index (χ4n) is 1.42. The van der Waals surface area contributed by atoms with E-state index >= 15 is 0 Å². The molecule has 1 amide bonds. The van der Waals surface area contributed by atoms with Gasteiger partial charge < -0.3 is 16.2 Å². The zero-order valence-corrected chi connectivity index (χ0v) is 11.4. The van der Waals surface area contributed by atoms with E-state index in [0.29, 0.717) is 6.07 Å². The zero-order chi connectivity index (χ0) is 15.7. The van der Waals surface area contributed by atoms with E-state index in [1.807, 2.05) is 0 Å². The number of carbonyl (C=O) groups is 1. The second-order valence-corrected chi connectivity index (χ2v) is 5.56. The van der Waals surface area contributed by atoms with E-state index in [4.69, 9.17) is 5.73 Å².